The fourth-order valence-electron chi connectivity index (χ4n) is 5.84. The number of hydrogen-bond donors (Lipinski definition) is 0. The number of benzene rings is 4. The Bertz CT molecular complexity index is 1370. The van der Waals surface area contributed by atoms with E-state index in [9.17, 15) is 10.1 Å². The lowest BCUT2D eigenvalue weighted by Gasteiger charge is -2.43. The average molecular weight is 518 g/mol. The third-order valence-corrected chi connectivity index (χ3v) is 8.20. The molecule has 0 radical (unpaired) electrons. The Balaban J connectivity index is 1.71. The molecule has 0 aliphatic carbocycles. The third kappa shape index (κ3) is 6.58. The first-order chi connectivity index (χ1) is 18.9. The maximum atomic E-state index is 14.0. The molecule has 3 nitrogen and oxygen atoms in total. The predicted molar refractivity (Wildman–Crippen MR) is 159 cm³/mol. The number of esters is 1. The van der Waals surface area contributed by atoms with E-state index in [-0.39, 0.29) is 12.6 Å². The largest absolute Gasteiger partial charge is 0.460 e. The van der Waals surface area contributed by atoms with Crippen LogP contribution in [0.15, 0.2) is 103 Å². The molecule has 2 atom stereocenters. The third-order valence-electron chi connectivity index (χ3n) is 8.20. The molecule has 0 saturated carbocycles. The van der Waals surface area contributed by atoms with E-state index in [0.717, 1.165) is 29.2 Å². The molecular formula is C36H39NO2. The predicted octanol–water partition coefficient (Wildman–Crippen LogP) is 9.01. The van der Waals surface area contributed by atoms with Crippen molar-refractivity contribution in [2.45, 2.75) is 64.9 Å². The molecule has 0 aliphatic rings. The van der Waals surface area contributed by atoms with Crippen LogP contribution in [0.1, 0.15) is 69.6 Å². The highest BCUT2D eigenvalue weighted by atomic mass is 16.5. The van der Waals surface area contributed by atoms with Crippen molar-refractivity contribution >= 4 is 16.7 Å². The van der Waals surface area contributed by atoms with E-state index in [1.54, 1.807) is 0 Å². The second-order valence-electron chi connectivity index (χ2n) is 11.2. The Hall–Kier alpha value is -3.90. The molecule has 4 rings (SSSR count). The van der Waals surface area contributed by atoms with E-state index >= 15 is 0 Å². The van der Waals surface area contributed by atoms with Crippen molar-refractivity contribution in [3.8, 4) is 6.07 Å². The first kappa shape index (κ1) is 28.1. The van der Waals surface area contributed by atoms with Gasteiger partial charge in [-0.2, -0.15) is 5.26 Å². The van der Waals surface area contributed by atoms with Crippen LogP contribution in [-0.2, 0) is 21.6 Å². The number of fused-ring (bicyclic) bond motifs is 1. The number of nitriles is 1. The Morgan fingerprint density at radius 1 is 0.872 bits per heavy atom. The minimum Gasteiger partial charge on any atom is -0.460 e. The summed E-state index contributed by atoms with van der Waals surface area (Å²) in [5.41, 5.74) is 2.11. The van der Waals surface area contributed by atoms with Crippen LogP contribution in [0.5, 0.6) is 0 Å². The molecule has 0 heterocycles. The second-order valence-corrected chi connectivity index (χ2v) is 11.2. The van der Waals surface area contributed by atoms with Gasteiger partial charge < -0.3 is 4.74 Å². The summed E-state index contributed by atoms with van der Waals surface area (Å²) in [5.74, 6) is 0.200. The van der Waals surface area contributed by atoms with Gasteiger partial charge in [0.2, 0.25) is 0 Å². The van der Waals surface area contributed by atoms with Gasteiger partial charge in [0.05, 0.1) is 11.5 Å². The maximum absolute atomic E-state index is 14.0. The molecule has 4 aromatic rings. The highest BCUT2D eigenvalue weighted by Gasteiger charge is 2.46. The number of hydrogen-bond acceptors (Lipinski definition) is 3. The van der Waals surface area contributed by atoms with Gasteiger partial charge in [-0.25, -0.2) is 0 Å². The molecule has 39 heavy (non-hydrogen) atoms. The fraction of sp³-hybridized carbons (Fsp3) is 0.333. The summed E-state index contributed by atoms with van der Waals surface area (Å²) < 4.78 is 6.04. The van der Waals surface area contributed by atoms with Crippen LogP contribution >= 0.6 is 0 Å². The van der Waals surface area contributed by atoms with E-state index in [1.165, 1.54) is 11.1 Å². The number of rotatable bonds is 12. The van der Waals surface area contributed by atoms with Gasteiger partial charge in [0.1, 0.15) is 6.61 Å². The number of carbonyl (C=O) groups is 1. The number of carbonyl (C=O) groups excluding carboxylic acids is 1. The van der Waals surface area contributed by atoms with Crippen molar-refractivity contribution < 1.29 is 9.53 Å². The van der Waals surface area contributed by atoms with Crippen molar-refractivity contribution in [2.24, 2.45) is 11.3 Å². The topological polar surface area (TPSA) is 50.1 Å². The second kappa shape index (κ2) is 12.8. The standard InChI is InChI=1S/C36H39NO2/c1-4-28(2)25-36(32-16-7-5-8-17-32,33-18-9-6-10-19-33)27-35(3,22-13-23-37)34(38)39-26-29-20-21-30-14-11-12-15-31(30)24-29/h5-12,14-21,24,28H,4,13,22,25-27H2,1-3H3. The van der Waals surface area contributed by atoms with Crippen LogP contribution in [0.4, 0.5) is 0 Å². The number of ether oxygens (including phenoxy) is 1. The Morgan fingerprint density at radius 3 is 2.05 bits per heavy atom. The van der Waals surface area contributed by atoms with E-state index in [1.807, 2.05) is 37.3 Å². The molecule has 0 amide bonds. The average Bonchev–Trinajstić information content (AvgIpc) is 2.99. The summed E-state index contributed by atoms with van der Waals surface area (Å²) in [6.07, 6.45) is 3.25. The Labute approximate surface area is 233 Å². The molecule has 200 valence electrons. The summed E-state index contributed by atoms with van der Waals surface area (Å²) in [6, 6.07) is 37.7. The van der Waals surface area contributed by atoms with Crippen LogP contribution < -0.4 is 0 Å². The summed E-state index contributed by atoms with van der Waals surface area (Å²) >= 11 is 0. The SMILES string of the molecule is CCC(C)CC(CC(C)(CCC#N)C(=O)OCc1ccc2ccccc2c1)(c1ccccc1)c1ccccc1. The zero-order valence-corrected chi connectivity index (χ0v) is 23.4. The van der Waals surface area contributed by atoms with Gasteiger partial charge in [0.25, 0.3) is 0 Å². The highest BCUT2D eigenvalue weighted by Crippen LogP contribution is 2.49. The van der Waals surface area contributed by atoms with Gasteiger partial charge in [-0.15, -0.1) is 0 Å². The molecule has 2 unspecified atom stereocenters. The van der Waals surface area contributed by atoms with Gasteiger partial charge in [0.15, 0.2) is 0 Å². The first-order valence-corrected chi connectivity index (χ1v) is 14.0. The fourth-order valence-corrected chi connectivity index (χ4v) is 5.84. The van der Waals surface area contributed by atoms with Gasteiger partial charge in [-0.3, -0.25) is 4.79 Å². The Morgan fingerprint density at radius 2 is 1.46 bits per heavy atom. The summed E-state index contributed by atoms with van der Waals surface area (Å²) in [6.45, 7) is 6.70. The van der Waals surface area contributed by atoms with Crippen LogP contribution in [0.2, 0.25) is 0 Å². The van der Waals surface area contributed by atoms with Crippen LogP contribution in [0.25, 0.3) is 10.8 Å². The smallest absolute Gasteiger partial charge is 0.312 e. The summed E-state index contributed by atoms with van der Waals surface area (Å²) in [4.78, 5) is 14.0. The molecule has 0 spiro atoms. The lowest BCUT2D eigenvalue weighted by molar-refractivity contribution is -0.158. The highest BCUT2D eigenvalue weighted by molar-refractivity contribution is 5.83. The van der Waals surface area contributed by atoms with Crippen LogP contribution in [0, 0.1) is 22.7 Å². The summed E-state index contributed by atoms with van der Waals surface area (Å²) in [7, 11) is 0. The normalized spacial score (nSPS) is 13.8. The van der Waals surface area contributed by atoms with E-state index in [2.05, 4.69) is 92.7 Å². The molecular weight excluding hydrogens is 478 g/mol. The molecule has 0 N–H and O–H groups in total. The van der Waals surface area contributed by atoms with Crippen molar-refractivity contribution in [3.63, 3.8) is 0 Å². The molecule has 4 aromatic carbocycles. The van der Waals surface area contributed by atoms with Gasteiger partial charge in [-0.05, 0) is 65.6 Å². The van der Waals surface area contributed by atoms with Crippen molar-refractivity contribution in [1.82, 2.24) is 0 Å². The van der Waals surface area contributed by atoms with Crippen molar-refractivity contribution in [2.75, 3.05) is 0 Å². The molecule has 0 saturated heterocycles. The van der Waals surface area contributed by atoms with Crippen LogP contribution in [-0.4, -0.2) is 5.97 Å². The molecule has 0 aromatic heterocycles. The van der Waals surface area contributed by atoms with Gasteiger partial charge >= 0.3 is 5.97 Å². The first-order valence-electron chi connectivity index (χ1n) is 14.0. The zero-order valence-electron chi connectivity index (χ0n) is 23.4. The molecule has 0 fully saturated rings. The minimum atomic E-state index is -0.842. The van der Waals surface area contributed by atoms with E-state index in [0.29, 0.717) is 25.2 Å². The monoisotopic (exact) mass is 517 g/mol. The van der Waals surface area contributed by atoms with Gasteiger partial charge in [0, 0.05) is 11.8 Å². The van der Waals surface area contributed by atoms with E-state index < -0.39 is 10.8 Å². The quantitative estimate of drug-likeness (QED) is 0.176. The Kier molecular flexibility index (Phi) is 9.20. The lowest BCUT2D eigenvalue weighted by atomic mass is 9.60. The minimum absolute atomic E-state index is 0.209. The lowest BCUT2D eigenvalue weighted by Crippen LogP contribution is -2.41. The molecule has 0 bridgehead atoms. The molecule has 0 aliphatic heterocycles. The van der Waals surface area contributed by atoms with Crippen molar-refractivity contribution in [1.29, 1.82) is 5.26 Å². The van der Waals surface area contributed by atoms with Gasteiger partial charge in [-0.1, -0.05) is 117 Å². The van der Waals surface area contributed by atoms with E-state index in [4.69, 9.17) is 4.74 Å². The summed E-state index contributed by atoms with van der Waals surface area (Å²) in [5, 5.41) is 11.8. The molecule has 3 heteroatoms. The zero-order chi connectivity index (χ0) is 27.7. The maximum Gasteiger partial charge on any atom is 0.312 e. The van der Waals surface area contributed by atoms with Crippen LogP contribution in [0.3, 0.4) is 0 Å². The van der Waals surface area contributed by atoms with Crippen molar-refractivity contribution in [3.05, 3.63) is 120 Å². The number of nitrogens with zero attached hydrogens (tertiary/aromatic N) is 1.